The lowest BCUT2D eigenvalue weighted by atomic mass is 10.2. The summed E-state index contributed by atoms with van der Waals surface area (Å²) in [6.07, 6.45) is 0. The zero-order valence-corrected chi connectivity index (χ0v) is 11.9. The van der Waals surface area contributed by atoms with E-state index >= 15 is 0 Å². The molecule has 0 bridgehead atoms. The molecular formula is C15H11F2NO5. The first-order valence-electron chi connectivity index (χ1n) is 6.50. The molecule has 8 heteroatoms. The van der Waals surface area contributed by atoms with Crippen molar-refractivity contribution in [1.82, 2.24) is 0 Å². The highest BCUT2D eigenvalue weighted by Crippen LogP contribution is 2.28. The molecule has 23 heavy (non-hydrogen) atoms. The van der Waals surface area contributed by atoms with Crippen LogP contribution in [-0.4, -0.2) is 17.5 Å². The molecule has 0 N–H and O–H groups in total. The molecule has 0 aliphatic carbocycles. The average molecular weight is 323 g/mol. The van der Waals surface area contributed by atoms with Gasteiger partial charge in [-0.05, 0) is 25.1 Å². The van der Waals surface area contributed by atoms with Crippen LogP contribution in [0.1, 0.15) is 17.3 Å². The molecule has 0 fully saturated rings. The molecule has 0 saturated heterocycles. The van der Waals surface area contributed by atoms with Crippen molar-refractivity contribution in [1.29, 1.82) is 0 Å². The molecule has 0 radical (unpaired) electrons. The van der Waals surface area contributed by atoms with E-state index in [0.29, 0.717) is 0 Å². The van der Waals surface area contributed by atoms with Crippen LogP contribution in [0, 0.1) is 21.7 Å². The number of non-ortho nitro benzene ring substituents is 1. The number of carbonyl (C=O) groups excluding carboxylic acids is 1. The number of nitrogens with zero attached hydrogens (tertiary/aromatic N) is 1. The number of nitro groups is 1. The molecule has 120 valence electrons. The van der Waals surface area contributed by atoms with Crippen molar-refractivity contribution in [3.8, 4) is 11.5 Å². The van der Waals surface area contributed by atoms with E-state index in [1.54, 1.807) is 6.92 Å². The summed E-state index contributed by atoms with van der Waals surface area (Å²) < 4.78 is 36.1. The van der Waals surface area contributed by atoms with Crippen molar-refractivity contribution in [3.63, 3.8) is 0 Å². The van der Waals surface area contributed by atoms with Gasteiger partial charge in [-0.15, -0.1) is 0 Å². The Balaban J connectivity index is 2.38. The van der Waals surface area contributed by atoms with E-state index in [1.807, 2.05) is 0 Å². The van der Waals surface area contributed by atoms with E-state index in [1.165, 1.54) is 6.07 Å². The lowest BCUT2D eigenvalue weighted by Crippen LogP contribution is -2.05. The van der Waals surface area contributed by atoms with Gasteiger partial charge < -0.3 is 9.47 Å². The Kier molecular flexibility index (Phi) is 4.85. The number of hydrogen-bond acceptors (Lipinski definition) is 5. The van der Waals surface area contributed by atoms with Gasteiger partial charge in [-0.2, -0.15) is 0 Å². The second kappa shape index (κ2) is 6.82. The zero-order chi connectivity index (χ0) is 17.0. The SMILES string of the molecule is CCOC(=O)c1cc(Oc2ccc(F)c(F)c2)cc([N+](=O)[O-])c1. The van der Waals surface area contributed by atoms with Crippen LogP contribution >= 0.6 is 0 Å². The van der Waals surface area contributed by atoms with Crippen molar-refractivity contribution >= 4 is 11.7 Å². The van der Waals surface area contributed by atoms with Crippen LogP contribution in [0.2, 0.25) is 0 Å². The quantitative estimate of drug-likeness (QED) is 0.474. The molecule has 0 unspecified atom stereocenters. The first-order chi connectivity index (χ1) is 10.9. The number of nitro benzene ring substituents is 1. The van der Waals surface area contributed by atoms with Crippen LogP contribution in [0.4, 0.5) is 14.5 Å². The van der Waals surface area contributed by atoms with E-state index in [4.69, 9.17) is 9.47 Å². The number of carbonyl (C=O) groups is 1. The molecular weight excluding hydrogens is 312 g/mol. The summed E-state index contributed by atoms with van der Waals surface area (Å²) in [5.41, 5.74) is -0.480. The second-order valence-corrected chi connectivity index (χ2v) is 4.37. The molecule has 0 amide bonds. The Labute approximate surface area is 129 Å². The third-order valence-electron chi connectivity index (χ3n) is 2.74. The van der Waals surface area contributed by atoms with E-state index in [2.05, 4.69) is 0 Å². The molecule has 2 aromatic carbocycles. The molecule has 0 aliphatic rings. The molecule has 0 atom stereocenters. The summed E-state index contributed by atoms with van der Waals surface area (Å²) in [6, 6.07) is 6.11. The Hall–Kier alpha value is -3.03. The average Bonchev–Trinajstić information content (AvgIpc) is 2.51. The number of esters is 1. The lowest BCUT2D eigenvalue weighted by Gasteiger charge is -2.08. The smallest absolute Gasteiger partial charge is 0.338 e. The highest BCUT2D eigenvalue weighted by molar-refractivity contribution is 5.90. The minimum absolute atomic E-state index is 0.0702. The third-order valence-corrected chi connectivity index (χ3v) is 2.74. The Morgan fingerprint density at radius 2 is 1.87 bits per heavy atom. The van der Waals surface area contributed by atoms with Crippen LogP contribution in [0.3, 0.4) is 0 Å². The maximum Gasteiger partial charge on any atom is 0.338 e. The standard InChI is InChI=1S/C15H11F2NO5/c1-2-22-15(19)9-5-10(18(20)21)7-12(6-9)23-11-3-4-13(16)14(17)8-11/h3-8H,2H2,1H3. The molecule has 0 saturated carbocycles. The van der Waals surface area contributed by atoms with Crippen molar-refractivity contribution in [2.45, 2.75) is 6.92 Å². The zero-order valence-electron chi connectivity index (χ0n) is 11.9. The molecule has 2 aromatic rings. The third kappa shape index (κ3) is 4.00. The maximum absolute atomic E-state index is 13.2. The number of ether oxygens (including phenoxy) is 2. The van der Waals surface area contributed by atoms with Crippen LogP contribution < -0.4 is 4.74 Å². The largest absolute Gasteiger partial charge is 0.462 e. The van der Waals surface area contributed by atoms with Crippen molar-refractivity contribution in [2.75, 3.05) is 6.61 Å². The number of halogens is 2. The first-order valence-corrected chi connectivity index (χ1v) is 6.50. The lowest BCUT2D eigenvalue weighted by molar-refractivity contribution is -0.384. The van der Waals surface area contributed by atoms with Gasteiger partial charge in [-0.25, -0.2) is 13.6 Å². The van der Waals surface area contributed by atoms with Crippen molar-refractivity contribution in [2.24, 2.45) is 0 Å². The van der Waals surface area contributed by atoms with Gasteiger partial charge >= 0.3 is 5.97 Å². The fraction of sp³-hybridized carbons (Fsp3) is 0.133. The second-order valence-electron chi connectivity index (χ2n) is 4.37. The molecule has 6 nitrogen and oxygen atoms in total. The summed E-state index contributed by atoms with van der Waals surface area (Å²) in [5, 5.41) is 10.9. The normalized spacial score (nSPS) is 10.2. The van der Waals surface area contributed by atoms with Gasteiger partial charge in [0.15, 0.2) is 11.6 Å². The summed E-state index contributed by atoms with van der Waals surface area (Å²) in [7, 11) is 0. The minimum atomic E-state index is -1.13. The summed E-state index contributed by atoms with van der Waals surface area (Å²) in [5.74, 6) is -3.08. The molecule has 0 heterocycles. The Morgan fingerprint density at radius 3 is 2.48 bits per heavy atom. The topological polar surface area (TPSA) is 78.7 Å². The summed E-state index contributed by atoms with van der Waals surface area (Å²) >= 11 is 0. The monoisotopic (exact) mass is 323 g/mol. The Morgan fingerprint density at radius 1 is 1.13 bits per heavy atom. The van der Waals surface area contributed by atoms with Crippen LogP contribution in [0.15, 0.2) is 36.4 Å². The van der Waals surface area contributed by atoms with Gasteiger partial charge in [0.25, 0.3) is 5.69 Å². The predicted octanol–water partition coefficient (Wildman–Crippen LogP) is 3.84. The number of rotatable bonds is 5. The van der Waals surface area contributed by atoms with Crippen molar-refractivity contribution < 1.29 is 28.0 Å². The van der Waals surface area contributed by atoms with E-state index in [9.17, 15) is 23.7 Å². The van der Waals surface area contributed by atoms with Crippen LogP contribution in [0.25, 0.3) is 0 Å². The van der Waals surface area contributed by atoms with Crippen LogP contribution in [-0.2, 0) is 4.74 Å². The fourth-order valence-corrected chi connectivity index (χ4v) is 1.76. The van der Waals surface area contributed by atoms with Crippen molar-refractivity contribution in [3.05, 3.63) is 63.7 Å². The fourth-order valence-electron chi connectivity index (χ4n) is 1.76. The molecule has 0 spiro atoms. The first kappa shape index (κ1) is 16.3. The highest BCUT2D eigenvalue weighted by Gasteiger charge is 2.17. The molecule has 0 aromatic heterocycles. The van der Waals surface area contributed by atoms with Gasteiger partial charge in [0.2, 0.25) is 0 Å². The molecule has 0 aliphatic heterocycles. The van der Waals surface area contributed by atoms with Gasteiger partial charge in [0, 0.05) is 12.1 Å². The highest BCUT2D eigenvalue weighted by atomic mass is 19.2. The summed E-state index contributed by atoms with van der Waals surface area (Å²) in [6.45, 7) is 1.69. The van der Waals surface area contributed by atoms with E-state index < -0.39 is 28.2 Å². The van der Waals surface area contributed by atoms with Gasteiger partial charge in [0.05, 0.1) is 23.2 Å². The van der Waals surface area contributed by atoms with Crippen LogP contribution in [0.5, 0.6) is 11.5 Å². The predicted molar refractivity (Wildman–Crippen MR) is 75.5 cm³/mol. The number of hydrogen-bond donors (Lipinski definition) is 0. The van der Waals surface area contributed by atoms with E-state index in [0.717, 1.165) is 30.3 Å². The summed E-state index contributed by atoms with van der Waals surface area (Å²) in [4.78, 5) is 21.9. The van der Waals surface area contributed by atoms with Gasteiger partial charge in [0.1, 0.15) is 11.5 Å². The minimum Gasteiger partial charge on any atom is -0.462 e. The maximum atomic E-state index is 13.2. The van der Waals surface area contributed by atoms with Gasteiger partial charge in [-0.3, -0.25) is 10.1 Å². The van der Waals surface area contributed by atoms with Gasteiger partial charge in [-0.1, -0.05) is 0 Å². The Bertz CT molecular complexity index is 764. The number of benzene rings is 2. The van der Waals surface area contributed by atoms with E-state index in [-0.39, 0.29) is 23.7 Å². The molecule has 2 rings (SSSR count).